The highest BCUT2D eigenvalue weighted by molar-refractivity contribution is 5.97. The van der Waals surface area contributed by atoms with E-state index in [9.17, 15) is 18.8 Å². The second kappa shape index (κ2) is 12.3. The molecule has 1 N–H and O–H groups in total. The molecule has 0 aliphatic carbocycles. The van der Waals surface area contributed by atoms with Crippen LogP contribution in [-0.2, 0) is 11.3 Å². The Morgan fingerprint density at radius 1 is 1.00 bits per heavy atom. The van der Waals surface area contributed by atoms with E-state index in [0.717, 1.165) is 22.0 Å². The van der Waals surface area contributed by atoms with Gasteiger partial charge in [0.05, 0.1) is 29.6 Å². The van der Waals surface area contributed by atoms with Gasteiger partial charge >= 0.3 is 0 Å². The van der Waals surface area contributed by atoms with Crippen molar-refractivity contribution in [3.05, 3.63) is 99.2 Å². The van der Waals surface area contributed by atoms with E-state index in [2.05, 4.69) is 20.3 Å². The highest BCUT2D eigenvalue weighted by Gasteiger charge is 2.20. The number of Topliss-reactive ketones (excluding diaryl/α,β-unsaturated/α-hetero) is 1. The summed E-state index contributed by atoms with van der Waals surface area (Å²) >= 11 is 0. The van der Waals surface area contributed by atoms with Crippen molar-refractivity contribution in [2.24, 2.45) is 5.92 Å². The smallest absolute Gasteiger partial charge is 0.294 e. The number of aryl methyl sites for hydroxylation is 3. The minimum absolute atomic E-state index is 0.0178. The number of hydrogen-bond donors (Lipinski definition) is 1. The lowest BCUT2D eigenvalue weighted by Crippen LogP contribution is -2.31. The van der Waals surface area contributed by atoms with E-state index in [0.29, 0.717) is 47.0 Å². The molecular weight excluding hydrogens is 559 g/mol. The zero-order valence-electron chi connectivity index (χ0n) is 25.7. The molecule has 2 aromatic carbocycles. The van der Waals surface area contributed by atoms with Crippen LogP contribution in [-0.4, -0.2) is 35.8 Å². The highest BCUT2D eigenvalue weighted by Crippen LogP contribution is 2.27. The molecule has 0 saturated carbocycles. The summed E-state index contributed by atoms with van der Waals surface area (Å²) in [5.41, 5.74) is 4.27. The lowest BCUT2D eigenvalue weighted by atomic mass is 9.99. The van der Waals surface area contributed by atoms with Gasteiger partial charge in [0.2, 0.25) is 5.91 Å². The van der Waals surface area contributed by atoms with Crippen LogP contribution in [0.3, 0.4) is 0 Å². The second-order valence-electron chi connectivity index (χ2n) is 11.1. The third-order valence-corrected chi connectivity index (χ3v) is 7.92. The first-order chi connectivity index (χ1) is 21.0. The number of fused-ring (bicyclic) bond motifs is 1. The molecule has 5 aromatic rings. The number of nitrogens with zero attached hydrogens (tertiary/aromatic N) is 5. The molecular formula is C34H35FN6O3. The number of aromatic nitrogens is 5. The molecule has 0 radical (unpaired) electrons. The Morgan fingerprint density at radius 3 is 2.50 bits per heavy atom. The van der Waals surface area contributed by atoms with Gasteiger partial charge in [0.15, 0.2) is 11.6 Å². The first-order valence-corrected chi connectivity index (χ1v) is 14.7. The fourth-order valence-electron chi connectivity index (χ4n) is 5.18. The van der Waals surface area contributed by atoms with Crippen LogP contribution >= 0.6 is 0 Å². The number of nitrogens with one attached hydrogen (secondary N) is 1. The molecule has 44 heavy (non-hydrogen) atoms. The van der Waals surface area contributed by atoms with Crippen molar-refractivity contribution in [2.75, 3.05) is 5.32 Å². The molecule has 0 spiro atoms. The number of amides is 1. The number of hydrogen-bond acceptors (Lipinski definition) is 6. The third-order valence-electron chi connectivity index (χ3n) is 7.92. The van der Waals surface area contributed by atoms with E-state index in [1.165, 1.54) is 16.7 Å². The lowest BCUT2D eigenvalue weighted by molar-refractivity contribution is -0.119. The Kier molecular flexibility index (Phi) is 8.53. The molecule has 0 unspecified atom stereocenters. The van der Waals surface area contributed by atoms with Crippen molar-refractivity contribution < 1.29 is 14.0 Å². The van der Waals surface area contributed by atoms with Gasteiger partial charge < -0.3 is 9.88 Å². The minimum atomic E-state index is -0.499. The Labute approximate surface area is 254 Å². The Balaban J connectivity index is 1.66. The maximum Gasteiger partial charge on any atom is 0.294 e. The molecule has 0 saturated heterocycles. The number of anilines is 1. The predicted octanol–water partition coefficient (Wildman–Crippen LogP) is 6.33. The Morgan fingerprint density at radius 2 is 1.77 bits per heavy atom. The third kappa shape index (κ3) is 5.92. The maximum absolute atomic E-state index is 14.0. The van der Waals surface area contributed by atoms with Crippen molar-refractivity contribution in [2.45, 2.75) is 60.9 Å². The number of carbonyl (C=O) groups is 2. The van der Waals surface area contributed by atoms with Gasteiger partial charge in [-0.05, 0) is 62.6 Å². The number of carbonyl (C=O) groups excluding carboxylic acids is 2. The van der Waals surface area contributed by atoms with Gasteiger partial charge in [0.25, 0.3) is 5.56 Å². The molecule has 0 bridgehead atoms. The number of halogens is 1. The molecule has 0 fully saturated rings. The quantitative estimate of drug-likeness (QED) is 0.200. The first kappa shape index (κ1) is 30.5. The fraction of sp³-hybridized carbons (Fsp3) is 0.294. The number of rotatable bonds is 9. The summed E-state index contributed by atoms with van der Waals surface area (Å²) < 4.78 is 17.4. The van der Waals surface area contributed by atoms with Crippen LogP contribution in [0.5, 0.6) is 0 Å². The standard InChI is InChI=1S/C34H35FN6O3/c1-7-19(3)33(43)39-32-34(44)41(29(16-36-32)26-13-23(30(42)8-2)10-9-20(26)4)18-25-15-31(38-22(6)37-25)40-17-21(5)27-14-24(35)11-12-28(27)40/h9-17,19H,7-8,18H2,1-6H3,(H,36,39,43)/t19-/m1/s1. The van der Waals surface area contributed by atoms with Gasteiger partial charge in [0, 0.05) is 41.1 Å². The van der Waals surface area contributed by atoms with Crippen molar-refractivity contribution in [1.29, 1.82) is 0 Å². The van der Waals surface area contributed by atoms with Crippen LogP contribution < -0.4 is 10.9 Å². The molecule has 1 amide bonds. The molecule has 9 nitrogen and oxygen atoms in total. The van der Waals surface area contributed by atoms with Crippen molar-refractivity contribution in [1.82, 2.24) is 24.1 Å². The van der Waals surface area contributed by atoms with Gasteiger partial charge in [-0.25, -0.2) is 19.3 Å². The second-order valence-corrected chi connectivity index (χ2v) is 11.1. The lowest BCUT2D eigenvalue weighted by Gasteiger charge is -2.18. The topological polar surface area (TPSA) is 112 Å². The monoisotopic (exact) mass is 594 g/mol. The average Bonchev–Trinajstić information content (AvgIpc) is 3.33. The Bertz CT molecular complexity index is 1980. The van der Waals surface area contributed by atoms with Gasteiger partial charge in [-0.2, -0.15) is 0 Å². The van der Waals surface area contributed by atoms with E-state index >= 15 is 0 Å². The van der Waals surface area contributed by atoms with Crippen LogP contribution in [0.2, 0.25) is 0 Å². The summed E-state index contributed by atoms with van der Waals surface area (Å²) in [5, 5.41) is 3.46. The summed E-state index contributed by atoms with van der Waals surface area (Å²) in [7, 11) is 0. The molecule has 10 heteroatoms. The van der Waals surface area contributed by atoms with Crippen molar-refractivity contribution >= 4 is 28.4 Å². The minimum Gasteiger partial charge on any atom is -0.306 e. The summed E-state index contributed by atoms with van der Waals surface area (Å²) in [6.45, 7) is 11.1. The molecule has 5 rings (SSSR count). The van der Waals surface area contributed by atoms with E-state index in [1.807, 2.05) is 37.6 Å². The normalized spacial score (nSPS) is 12.0. The zero-order valence-corrected chi connectivity index (χ0v) is 25.7. The van der Waals surface area contributed by atoms with Gasteiger partial charge in [0.1, 0.15) is 17.5 Å². The summed E-state index contributed by atoms with van der Waals surface area (Å²) in [4.78, 5) is 52.9. The van der Waals surface area contributed by atoms with Crippen molar-refractivity contribution in [3.8, 4) is 17.1 Å². The van der Waals surface area contributed by atoms with Crippen LogP contribution in [0.1, 0.15) is 66.6 Å². The molecule has 0 aliphatic heterocycles. The maximum atomic E-state index is 14.0. The summed E-state index contributed by atoms with van der Waals surface area (Å²) in [5.74, 6) is 0.0305. The molecule has 226 valence electrons. The SMILES string of the molecule is CCC(=O)c1ccc(C)c(-c2cnc(NC(=O)[C@H](C)CC)c(=O)n2Cc2cc(-n3cc(C)c4cc(F)ccc43)nc(C)n2)c1. The van der Waals surface area contributed by atoms with E-state index in [4.69, 9.17) is 0 Å². The van der Waals surface area contributed by atoms with Gasteiger partial charge in [-0.1, -0.05) is 32.9 Å². The van der Waals surface area contributed by atoms with Gasteiger partial charge in [-0.3, -0.25) is 19.0 Å². The summed E-state index contributed by atoms with van der Waals surface area (Å²) in [6.07, 6.45) is 4.39. The largest absolute Gasteiger partial charge is 0.306 e. The van der Waals surface area contributed by atoms with Crippen LogP contribution in [0, 0.1) is 32.5 Å². The highest BCUT2D eigenvalue weighted by atomic mass is 19.1. The molecule has 3 heterocycles. The molecule has 0 aliphatic rings. The van der Waals surface area contributed by atoms with E-state index < -0.39 is 5.56 Å². The number of ketones is 1. The average molecular weight is 595 g/mol. The predicted molar refractivity (Wildman–Crippen MR) is 169 cm³/mol. The zero-order chi connectivity index (χ0) is 31.7. The van der Waals surface area contributed by atoms with E-state index in [1.54, 1.807) is 51.2 Å². The van der Waals surface area contributed by atoms with Crippen LogP contribution in [0.4, 0.5) is 10.2 Å². The molecule has 1 atom stereocenters. The first-order valence-electron chi connectivity index (χ1n) is 14.7. The fourth-order valence-corrected chi connectivity index (χ4v) is 5.18. The van der Waals surface area contributed by atoms with Crippen LogP contribution in [0.15, 0.2) is 59.7 Å². The van der Waals surface area contributed by atoms with Crippen LogP contribution in [0.25, 0.3) is 28.0 Å². The Hall–Kier alpha value is -4.99. The summed E-state index contributed by atoms with van der Waals surface area (Å²) in [6, 6.07) is 11.8. The van der Waals surface area contributed by atoms with Gasteiger partial charge in [-0.15, -0.1) is 0 Å². The molecule has 3 aromatic heterocycles. The number of benzene rings is 2. The van der Waals surface area contributed by atoms with Crippen molar-refractivity contribution in [3.63, 3.8) is 0 Å². The van der Waals surface area contributed by atoms with E-state index in [-0.39, 0.29) is 35.8 Å².